The Labute approximate surface area is 120 Å². The molecule has 0 aliphatic carbocycles. The highest BCUT2D eigenvalue weighted by atomic mass is 16.5. The molecule has 0 unspecified atom stereocenters. The van der Waals surface area contributed by atoms with Crippen LogP contribution in [0.3, 0.4) is 0 Å². The Balaban J connectivity index is 1.85. The number of hydrogen-bond donors (Lipinski definition) is 2. The monoisotopic (exact) mass is 290 g/mol. The van der Waals surface area contributed by atoms with E-state index in [9.17, 15) is 9.59 Å². The van der Waals surface area contributed by atoms with Gasteiger partial charge in [0.2, 0.25) is 0 Å². The lowest BCUT2D eigenvalue weighted by atomic mass is 10.2. The van der Waals surface area contributed by atoms with E-state index in [1.165, 1.54) is 17.1 Å². The summed E-state index contributed by atoms with van der Waals surface area (Å²) in [5.74, 6) is -1.18. The normalized spacial score (nSPS) is 11.6. The molecule has 0 radical (unpaired) electrons. The summed E-state index contributed by atoms with van der Waals surface area (Å²) in [5.41, 5.74) is 0.816. The van der Waals surface area contributed by atoms with Crippen molar-refractivity contribution in [1.82, 2.24) is 20.3 Å². The van der Waals surface area contributed by atoms with Gasteiger partial charge >= 0.3 is 12.1 Å². The molecule has 2 rings (SSSR count). The first-order chi connectivity index (χ1) is 10.1. The standard InChI is InChI=1S/C13H14N4O4/c18-12(19)11(8-17-7-6-14-16-17)15-13(20)21-9-10-4-2-1-3-5-10/h1-7,11H,8-9H2,(H,15,20)(H,18,19)/t11-/m1/s1. The molecule has 1 aromatic carbocycles. The third-order valence-corrected chi connectivity index (χ3v) is 2.64. The molecular weight excluding hydrogens is 276 g/mol. The predicted molar refractivity (Wildman–Crippen MR) is 71.2 cm³/mol. The molecule has 1 atom stereocenters. The lowest BCUT2D eigenvalue weighted by Gasteiger charge is -2.14. The molecule has 0 fully saturated rings. The molecule has 2 N–H and O–H groups in total. The molecule has 21 heavy (non-hydrogen) atoms. The minimum Gasteiger partial charge on any atom is -0.480 e. The zero-order chi connectivity index (χ0) is 15.1. The second-order valence-corrected chi connectivity index (χ2v) is 4.22. The number of aliphatic carboxylic acids is 1. The fraction of sp³-hybridized carbons (Fsp3) is 0.231. The second kappa shape index (κ2) is 7.04. The largest absolute Gasteiger partial charge is 0.480 e. The van der Waals surface area contributed by atoms with Crippen LogP contribution in [0.1, 0.15) is 5.56 Å². The summed E-state index contributed by atoms with van der Waals surface area (Å²) in [7, 11) is 0. The molecular formula is C13H14N4O4. The Morgan fingerprint density at radius 3 is 2.71 bits per heavy atom. The van der Waals surface area contributed by atoms with E-state index < -0.39 is 18.1 Å². The Hall–Kier alpha value is -2.90. The number of benzene rings is 1. The summed E-state index contributed by atoms with van der Waals surface area (Å²) >= 11 is 0. The second-order valence-electron chi connectivity index (χ2n) is 4.22. The van der Waals surface area contributed by atoms with Crippen molar-refractivity contribution >= 4 is 12.1 Å². The van der Waals surface area contributed by atoms with Crippen molar-refractivity contribution in [2.75, 3.05) is 0 Å². The number of aromatic nitrogens is 3. The number of carbonyl (C=O) groups excluding carboxylic acids is 1. The van der Waals surface area contributed by atoms with E-state index in [4.69, 9.17) is 9.84 Å². The molecule has 1 amide bonds. The van der Waals surface area contributed by atoms with Gasteiger partial charge in [0.1, 0.15) is 12.6 Å². The fourth-order valence-electron chi connectivity index (χ4n) is 1.61. The lowest BCUT2D eigenvalue weighted by Crippen LogP contribution is -2.44. The highest BCUT2D eigenvalue weighted by molar-refractivity contribution is 5.79. The van der Waals surface area contributed by atoms with Gasteiger partial charge in [-0.1, -0.05) is 35.5 Å². The molecule has 1 aromatic heterocycles. The van der Waals surface area contributed by atoms with E-state index in [0.717, 1.165) is 5.56 Å². The van der Waals surface area contributed by atoms with Gasteiger partial charge in [0.05, 0.1) is 12.7 Å². The van der Waals surface area contributed by atoms with E-state index in [-0.39, 0.29) is 13.2 Å². The first-order valence-corrected chi connectivity index (χ1v) is 6.19. The van der Waals surface area contributed by atoms with Gasteiger partial charge in [-0.15, -0.1) is 5.10 Å². The molecule has 110 valence electrons. The minimum absolute atomic E-state index is 0.0320. The van der Waals surface area contributed by atoms with Crippen LogP contribution >= 0.6 is 0 Å². The number of carboxylic acid groups (broad SMARTS) is 1. The molecule has 0 aliphatic rings. The van der Waals surface area contributed by atoms with Crippen LogP contribution < -0.4 is 5.32 Å². The third-order valence-electron chi connectivity index (χ3n) is 2.64. The zero-order valence-electron chi connectivity index (χ0n) is 11.0. The number of nitrogens with one attached hydrogen (secondary N) is 1. The topological polar surface area (TPSA) is 106 Å². The van der Waals surface area contributed by atoms with Crippen molar-refractivity contribution < 1.29 is 19.4 Å². The maximum Gasteiger partial charge on any atom is 0.408 e. The van der Waals surface area contributed by atoms with Gasteiger partial charge in [0.25, 0.3) is 0 Å². The summed E-state index contributed by atoms with van der Waals surface area (Å²) in [6.07, 6.45) is 2.13. The van der Waals surface area contributed by atoms with Crippen LogP contribution in [0.25, 0.3) is 0 Å². The van der Waals surface area contributed by atoms with E-state index in [0.29, 0.717) is 0 Å². The van der Waals surface area contributed by atoms with Crippen molar-refractivity contribution in [3.05, 3.63) is 48.3 Å². The van der Waals surface area contributed by atoms with E-state index in [1.807, 2.05) is 18.2 Å². The average molecular weight is 290 g/mol. The van der Waals surface area contributed by atoms with Crippen molar-refractivity contribution in [3.8, 4) is 0 Å². The summed E-state index contributed by atoms with van der Waals surface area (Å²) in [4.78, 5) is 22.7. The van der Waals surface area contributed by atoms with Crippen LogP contribution in [0.4, 0.5) is 4.79 Å². The third kappa shape index (κ3) is 4.60. The molecule has 0 spiro atoms. The predicted octanol–water partition coefficient (Wildman–Crippen LogP) is 0.658. The highest BCUT2D eigenvalue weighted by Gasteiger charge is 2.21. The van der Waals surface area contributed by atoms with Crippen LogP contribution in [0.2, 0.25) is 0 Å². The summed E-state index contributed by atoms with van der Waals surface area (Å²) in [6.45, 7) is 0.0398. The van der Waals surface area contributed by atoms with Gasteiger partial charge in [-0.25, -0.2) is 14.3 Å². The van der Waals surface area contributed by atoms with E-state index >= 15 is 0 Å². The molecule has 8 heteroatoms. The van der Waals surface area contributed by atoms with Gasteiger partial charge in [-0.05, 0) is 5.56 Å². The Bertz CT molecular complexity index is 585. The van der Waals surface area contributed by atoms with Gasteiger partial charge in [-0.2, -0.15) is 0 Å². The number of hydrogen-bond acceptors (Lipinski definition) is 5. The maximum absolute atomic E-state index is 11.6. The first kappa shape index (κ1) is 14.5. The van der Waals surface area contributed by atoms with Crippen LogP contribution in [0.5, 0.6) is 0 Å². The molecule has 0 saturated carbocycles. The quantitative estimate of drug-likeness (QED) is 0.809. The maximum atomic E-state index is 11.6. The van der Waals surface area contributed by atoms with Crippen molar-refractivity contribution in [2.24, 2.45) is 0 Å². The highest BCUT2D eigenvalue weighted by Crippen LogP contribution is 2.01. The number of ether oxygens (including phenoxy) is 1. The van der Waals surface area contributed by atoms with Gasteiger partial charge in [0, 0.05) is 6.20 Å². The molecule has 0 saturated heterocycles. The van der Waals surface area contributed by atoms with Crippen LogP contribution in [0, 0.1) is 0 Å². The number of carbonyl (C=O) groups is 2. The Morgan fingerprint density at radius 1 is 1.33 bits per heavy atom. The molecule has 1 heterocycles. The smallest absolute Gasteiger partial charge is 0.408 e. The van der Waals surface area contributed by atoms with Crippen LogP contribution in [-0.2, 0) is 22.7 Å². The van der Waals surface area contributed by atoms with Gasteiger partial charge < -0.3 is 15.2 Å². The molecule has 2 aromatic rings. The first-order valence-electron chi connectivity index (χ1n) is 6.19. The number of carboxylic acids is 1. The SMILES string of the molecule is O=C(N[C@H](Cn1ccnn1)C(=O)O)OCc1ccccc1. The minimum atomic E-state index is -1.18. The number of rotatable bonds is 6. The number of alkyl carbamates (subject to hydrolysis) is 1. The molecule has 8 nitrogen and oxygen atoms in total. The molecule has 0 aliphatic heterocycles. The lowest BCUT2D eigenvalue weighted by molar-refractivity contribution is -0.139. The zero-order valence-corrected chi connectivity index (χ0v) is 11.0. The van der Waals surface area contributed by atoms with Gasteiger partial charge in [0.15, 0.2) is 0 Å². The summed E-state index contributed by atoms with van der Waals surface area (Å²) < 4.78 is 6.28. The Kier molecular flexibility index (Phi) is 4.86. The van der Waals surface area contributed by atoms with Crippen molar-refractivity contribution in [3.63, 3.8) is 0 Å². The van der Waals surface area contributed by atoms with Crippen molar-refractivity contribution in [2.45, 2.75) is 19.2 Å². The van der Waals surface area contributed by atoms with E-state index in [1.54, 1.807) is 12.1 Å². The van der Waals surface area contributed by atoms with Gasteiger partial charge in [-0.3, -0.25) is 0 Å². The van der Waals surface area contributed by atoms with Crippen LogP contribution in [-0.4, -0.2) is 38.2 Å². The number of nitrogens with zero attached hydrogens (tertiary/aromatic N) is 3. The fourth-order valence-corrected chi connectivity index (χ4v) is 1.61. The summed E-state index contributed by atoms with van der Waals surface area (Å²) in [5, 5.41) is 18.6. The summed E-state index contributed by atoms with van der Waals surface area (Å²) in [6, 6.07) is 7.95. The average Bonchev–Trinajstić information content (AvgIpc) is 2.98. The number of amides is 1. The Morgan fingerprint density at radius 2 is 2.10 bits per heavy atom. The van der Waals surface area contributed by atoms with Crippen LogP contribution in [0.15, 0.2) is 42.7 Å². The molecule has 0 bridgehead atoms. The van der Waals surface area contributed by atoms with E-state index in [2.05, 4.69) is 15.6 Å². The van der Waals surface area contributed by atoms with Crippen molar-refractivity contribution in [1.29, 1.82) is 0 Å².